The third-order valence-electron chi connectivity index (χ3n) is 6.33. The van der Waals surface area contributed by atoms with E-state index in [1.165, 1.54) is 0 Å². The van der Waals surface area contributed by atoms with Crippen molar-refractivity contribution in [2.75, 3.05) is 0 Å². The molecular formula is C24H24BrN5O3. The van der Waals surface area contributed by atoms with E-state index in [1.54, 1.807) is 24.4 Å². The first-order chi connectivity index (χ1) is 15.9. The van der Waals surface area contributed by atoms with Crippen LogP contribution in [0.1, 0.15) is 55.1 Å². The van der Waals surface area contributed by atoms with Crippen LogP contribution in [-0.4, -0.2) is 34.3 Å². The first kappa shape index (κ1) is 22.9. The third-order valence-corrected chi connectivity index (χ3v) is 7.02. The van der Waals surface area contributed by atoms with Crippen LogP contribution >= 0.6 is 15.9 Å². The van der Waals surface area contributed by atoms with Crippen LogP contribution in [0.25, 0.3) is 0 Å². The molecule has 8 nitrogen and oxygen atoms in total. The molecule has 0 radical (unpaired) electrons. The van der Waals surface area contributed by atoms with E-state index in [9.17, 15) is 14.9 Å². The maximum Gasteiger partial charge on any atom is 0.428 e. The molecule has 1 spiro atoms. The molecule has 1 aromatic heterocycles. The van der Waals surface area contributed by atoms with E-state index in [0.29, 0.717) is 43.5 Å². The lowest BCUT2D eigenvalue weighted by atomic mass is 9.65. The van der Waals surface area contributed by atoms with Crippen molar-refractivity contribution in [3.8, 4) is 6.07 Å². The van der Waals surface area contributed by atoms with Gasteiger partial charge in [0.05, 0.1) is 11.5 Å². The Morgan fingerprint density at radius 2 is 1.97 bits per heavy atom. The first-order valence-electron chi connectivity index (χ1n) is 10.8. The van der Waals surface area contributed by atoms with Gasteiger partial charge in [-0.1, -0.05) is 40.2 Å². The Morgan fingerprint density at radius 3 is 2.64 bits per heavy atom. The van der Waals surface area contributed by atoms with Gasteiger partial charge in [-0.15, -0.1) is 0 Å². The quantitative estimate of drug-likeness (QED) is 0.622. The van der Waals surface area contributed by atoms with Crippen LogP contribution in [0.3, 0.4) is 0 Å². The Morgan fingerprint density at radius 1 is 1.24 bits per heavy atom. The smallest absolute Gasteiger partial charge is 0.428 e. The predicted octanol–water partition coefficient (Wildman–Crippen LogP) is 4.32. The van der Waals surface area contributed by atoms with E-state index in [-0.39, 0.29) is 11.9 Å². The molecule has 1 atom stereocenters. The molecule has 0 saturated heterocycles. The average molecular weight is 510 g/mol. The highest BCUT2D eigenvalue weighted by Crippen LogP contribution is 2.47. The fraction of sp³-hybridized carbons (Fsp3) is 0.375. The normalized spacial score (nSPS) is 25.2. The van der Waals surface area contributed by atoms with E-state index in [2.05, 4.69) is 42.8 Å². The van der Waals surface area contributed by atoms with E-state index in [1.807, 2.05) is 31.2 Å². The molecule has 170 valence electrons. The van der Waals surface area contributed by atoms with Crippen LogP contribution in [-0.2, 0) is 4.74 Å². The number of carbonyl (C=O) groups is 2. The first-order valence-corrected chi connectivity index (χ1v) is 11.6. The maximum atomic E-state index is 12.5. The number of hydrazone groups is 1. The van der Waals surface area contributed by atoms with Crippen LogP contribution in [0.15, 0.2) is 58.2 Å². The molecule has 1 saturated carbocycles. The number of hydrogen-bond acceptors (Lipinski definition) is 6. The van der Waals surface area contributed by atoms with Crippen molar-refractivity contribution in [1.82, 2.24) is 15.7 Å². The van der Waals surface area contributed by atoms with Gasteiger partial charge >= 0.3 is 6.09 Å². The monoisotopic (exact) mass is 509 g/mol. The van der Waals surface area contributed by atoms with Crippen molar-refractivity contribution in [2.45, 2.75) is 50.7 Å². The molecule has 1 fully saturated rings. The molecule has 0 bridgehead atoms. The number of pyridine rings is 1. The SMILES string of the molecule is C[C@@H](CC1(C#N)CCC2(CC1)OC(=O)NN=C2c1ccccc1Br)NC(=O)c1ccccn1. The van der Waals surface area contributed by atoms with Crippen LogP contribution in [0, 0.1) is 16.7 Å². The van der Waals surface area contributed by atoms with Gasteiger partial charge in [0.1, 0.15) is 11.4 Å². The highest BCUT2D eigenvalue weighted by Gasteiger charge is 2.51. The number of aromatic nitrogens is 1. The molecule has 4 rings (SSSR count). The van der Waals surface area contributed by atoms with Gasteiger partial charge in [0.25, 0.3) is 5.91 Å². The molecule has 1 aliphatic carbocycles. The van der Waals surface area contributed by atoms with Gasteiger partial charge in [0, 0.05) is 22.3 Å². The van der Waals surface area contributed by atoms with E-state index in [0.717, 1.165) is 10.0 Å². The lowest BCUT2D eigenvalue weighted by molar-refractivity contribution is 0.00353. The number of hydrogen-bond donors (Lipinski definition) is 2. The van der Waals surface area contributed by atoms with Crippen LogP contribution in [0.4, 0.5) is 4.79 Å². The number of rotatable bonds is 5. The van der Waals surface area contributed by atoms with E-state index in [4.69, 9.17) is 4.74 Å². The molecule has 1 aliphatic heterocycles. The Kier molecular flexibility index (Phi) is 6.47. The zero-order chi connectivity index (χ0) is 23.5. The van der Waals surface area contributed by atoms with Crippen molar-refractivity contribution in [3.05, 3.63) is 64.4 Å². The van der Waals surface area contributed by atoms with Crippen molar-refractivity contribution in [2.24, 2.45) is 10.5 Å². The second kappa shape index (κ2) is 9.32. The Labute approximate surface area is 200 Å². The van der Waals surface area contributed by atoms with Gasteiger partial charge in [0.2, 0.25) is 0 Å². The standard InChI is InChI=1S/C24H24BrN5O3/c1-16(28-21(31)19-8-4-5-13-27-19)14-23(15-26)9-11-24(12-10-23)20(29-30-22(32)33-24)17-6-2-3-7-18(17)25/h2-8,13,16H,9-12,14H2,1H3,(H,28,31)(H,30,32)/t16-,23?,24?/m0/s1. The summed E-state index contributed by atoms with van der Waals surface area (Å²) in [6.45, 7) is 1.89. The molecule has 2 amide bonds. The van der Waals surface area contributed by atoms with Gasteiger partial charge in [-0.3, -0.25) is 9.78 Å². The van der Waals surface area contributed by atoms with Crippen LogP contribution in [0.5, 0.6) is 0 Å². The second-order valence-corrected chi connectivity index (χ2v) is 9.48. The minimum Gasteiger partial charge on any atom is -0.435 e. The number of amides is 2. The molecule has 2 aliphatic rings. The Hall–Kier alpha value is -3.25. The molecule has 33 heavy (non-hydrogen) atoms. The van der Waals surface area contributed by atoms with Crippen LogP contribution in [0.2, 0.25) is 0 Å². The fourth-order valence-electron chi connectivity index (χ4n) is 4.68. The molecule has 0 unspecified atom stereocenters. The molecule has 2 N–H and O–H groups in total. The topological polar surface area (TPSA) is 116 Å². The molecule has 2 aromatic rings. The number of nitrogens with zero attached hydrogens (tertiary/aromatic N) is 3. The summed E-state index contributed by atoms with van der Waals surface area (Å²) in [6, 6.07) is 15.1. The second-order valence-electron chi connectivity index (χ2n) is 8.62. The van der Waals surface area contributed by atoms with Gasteiger partial charge < -0.3 is 10.1 Å². The summed E-state index contributed by atoms with van der Waals surface area (Å²) in [7, 11) is 0. The van der Waals surface area contributed by atoms with E-state index >= 15 is 0 Å². The third kappa shape index (κ3) is 4.76. The summed E-state index contributed by atoms with van der Waals surface area (Å²) in [6.07, 6.45) is 3.44. The van der Waals surface area contributed by atoms with Crippen molar-refractivity contribution in [3.63, 3.8) is 0 Å². The Balaban J connectivity index is 1.49. The van der Waals surface area contributed by atoms with Crippen LogP contribution < -0.4 is 10.7 Å². The van der Waals surface area contributed by atoms with Crippen molar-refractivity contribution >= 4 is 33.6 Å². The number of ether oxygens (including phenoxy) is 1. The van der Waals surface area contributed by atoms with Crippen molar-refractivity contribution < 1.29 is 14.3 Å². The van der Waals surface area contributed by atoms with Gasteiger partial charge in [-0.25, -0.2) is 10.2 Å². The Bertz CT molecular complexity index is 1120. The highest BCUT2D eigenvalue weighted by molar-refractivity contribution is 9.10. The minimum atomic E-state index is -0.896. The molecule has 1 aromatic carbocycles. The number of halogens is 1. The lowest BCUT2D eigenvalue weighted by Gasteiger charge is -2.45. The summed E-state index contributed by atoms with van der Waals surface area (Å²) in [4.78, 5) is 28.6. The van der Waals surface area contributed by atoms with E-state index < -0.39 is 17.1 Å². The predicted molar refractivity (Wildman–Crippen MR) is 125 cm³/mol. The summed E-state index contributed by atoms with van der Waals surface area (Å²) < 4.78 is 6.67. The number of nitriles is 1. The summed E-state index contributed by atoms with van der Waals surface area (Å²) in [5.74, 6) is -0.265. The zero-order valence-electron chi connectivity index (χ0n) is 18.2. The summed E-state index contributed by atoms with van der Waals surface area (Å²) >= 11 is 3.56. The van der Waals surface area contributed by atoms with Gasteiger partial charge in [0.15, 0.2) is 5.60 Å². The van der Waals surface area contributed by atoms with Crippen molar-refractivity contribution in [1.29, 1.82) is 5.26 Å². The zero-order valence-corrected chi connectivity index (χ0v) is 19.8. The molecule has 2 heterocycles. The number of nitrogens with one attached hydrogen (secondary N) is 2. The molecule has 9 heteroatoms. The average Bonchev–Trinajstić information content (AvgIpc) is 2.82. The maximum absolute atomic E-state index is 12.5. The fourth-order valence-corrected chi connectivity index (χ4v) is 5.15. The summed E-state index contributed by atoms with van der Waals surface area (Å²) in [5, 5.41) is 17.4. The van der Waals surface area contributed by atoms with Gasteiger partial charge in [-0.2, -0.15) is 10.4 Å². The largest absolute Gasteiger partial charge is 0.435 e. The number of benzene rings is 1. The lowest BCUT2D eigenvalue weighted by Crippen LogP contribution is -2.54. The number of carbonyl (C=O) groups excluding carboxylic acids is 2. The summed E-state index contributed by atoms with van der Waals surface area (Å²) in [5.41, 5.74) is 2.72. The molecular weight excluding hydrogens is 486 g/mol. The highest BCUT2D eigenvalue weighted by atomic mass is 79.9. The minimum absolute atomic E-state index is 0.222. The van der Waals surface area contributed by atoms with Gasteiger partial charge in [-0.05, 0) is 57.2 Å².